The zero-order chi connectivity index (χ0) is 11.1. The summed E-state index contributed by atoms with van der Waals surface area (Å²) in [5, 5.41) is 0. The lowest BCUT2D eigenvalue weighted by atomic mass is 10.2. The normalized spacial score (nSPS) is 8.67. The van der Waals surface area contributed by atoms with Gasteiger partial charge >= 0.3 is 0 Å². The maximum atomic E-state index is 11.9. The summed E-state index contributed by atoms with van der Waals surface area (Å²) < 4.78 is 0. The highest BCUT2D eigenvalue weighted by molar-refractivity contribution is 5.94. The Balaban J connectivity index is 2.83. The van der Waals surface area contributed by atoms with Crippen LogP contribution in [-0.4, -0.2) is 23.9 Å². The monoisotopic (exact) mass is 197 g/mol. The minimum Gasteiger partial charge on any atom is -0.316 e. The molecule has 1 amide bonds. The first-order valence-corrected chi connectivity index (χ1v) is 4.51. The predicted octanol–water partition coefficient (Wildman–Crippen LogP) is 1.40. The third-order valence-corrected chi connectivity index (χ3v) is 1.87. The molecule has 0 heterocycles. The zero-order valence-electron chi connectivity index (χ0n) is 8.31. The maximum Gasteiger partial charge on any atom is 0.255 e. The summed E-state index contributed by atoms with van der Waals surface area (Å²) in [7, 11) is 0. The highest BCUT2D eigenvalue weighted by Crippen LogP contribution is 2.03. The first kappa shape index (κ1) is 10.9. The highest BCUT2D eigenvalue weighted by atomic mass is 16.2. The Morgan fingerprint density at radius 2 is 1.67 bits per heavy atom. The minimum absolute atomic E-state index is 0.133. The van der Waals surface area contributed by atoms with Crippen molar-refractivity contribution in [3.05, 3.63) is 35.9 Å². The van der Waals surface area contributed by atoms with Gasteiger partial charge in [0.1, 0.15) is 0 Å². The van der Waals surface area contributed by atoms with Gasteiger partial charge in [0.25, 0.3) is 5.91 Å². The molecule has 0 radical (unpaired) electrons. The van der Waals surface area contributed by atoms with E-state index in [2.05, 4.69) is 11.8 Å². The number of amides is 1. The quantitative estimate of drug-likeness (QED) is 0.671. The number of carbonyl (C=O) groups is 1. The van der Waals surface area contributed by atoms with Crippen molar-refractivity contribution in [1.29, 1.82) is 0 Å². The Morgan fingerprint density at radius 1 is 1.13 bits per heavy atom. The predicted molar refractivity (Wildman–Crippen MR) is 60.0 cm³/mol. The fraction of sp³-hybridized carbons (Fsp3) is 0.154. The average Bonchev–Trinajstić information content (AvgIpc) is 2.29. The fourth-order valence-electron chi connectivity index (χ4n) is 1.18. The molecular formula is C13H11NO. The molecule has 0 saturated carbocycles. The van der Waals surface area contributed by atoms with Gasteiger partial charge in [0.2, 0.25) is 0 Å². The number of nitrogens with zero attached hydrogens (tertiary/aromatic N) is 1. The Hall–Kier alpha value is -2.19. The summed E-state index contributed by atoms with van der Waals surface area (Å²) in [5.41, 5.74) is 0.600. The van der Waals surface area contributed by atoms with Gasteiger partial charge < -0.3 is 4.90 Å². The number of benzene rings is 1. The van der Waals surface area contributed by atoms with Gasteiger partial charge in [-0.1, -0.05) is 30.0 Å². The number of terminal acetylenes is 2. The van der Waals surface area contributed by atoms with Gasteiger partial charge in [0.05, 0.1) is 13.1 Å². The molecule has 0 aliphatic heterocycles. The van der Waals surface area contributed by atoms with Crippen LogP contribution in [0.2, 0.25) is 0 Å². The minimum atomic E-state index is -0.133. The highest BCUT2D eigenvalue weighted by Gasteiger charge is 2.12. The SMILES string of the molecule is C#CCN(CC#C)C(=O)c1ccccc1. The molecule has 1 rings (SSSR count). The van der Waals surface area contributed by atoms with E-state index in [9.17, 15) is 4.79 Å². The molecule has 2 heteroatoms. The van der Waals surface area contributed by atoms with Crippen molar-refractivity contribution in [2.24, 2.45) is 0 Å². The molecule has 0 bridgehead atoms. The van der Waals surface area contributed by atoms with Gasteiger partial charge in [-0.05, 0) is 12.1 Å². The maximum absolute atomic E-state index is 11.9. The molecule has 0 aliphatic carbocycles. The van der Waals surface area contributed by atoms with Crippen LogP contribution in [-0.2, 0) is 0 Å². The van der Waals surface area contributed by atoms with Crippen LogP contribution in [0.25, 0.3) is 0 Å². The van der Waals surface area contributed by atoms with Gasteiger partial charge in [0, 0.05) is 5.56 Å². The Bertz CT molecular complexity index is 392. The molecule has 0 aliphatic rings. The van der Waals surface area contributed by atoms with Gasteiger partial charge in [-0.25, -0.2) is 0 Å². The molecule has 1 aromatic rings. The molecule has 2 nitrogen and oxygen atoms in total. The molecule has 0 fully saturated rings. The van der Waals surface area contributed by atoms with Crippen molar-refractivity contribution in [2.45, 2.75) is 0 Å². The van der Waals surface area contributed by atoms with Crippen LogP contribution in [0.15, 0.2) is 30.3 Å². The molecule has 0 saturated heterocycles. The van der Waals surface area contributed by atoms with Gasteiger partial charge in [-0.15, -0.1) is 12.8 Å². The van der Waals surface area contributed by atoms with Crippen molar-refractivity contribution >= 4 is 5.91 Å². The second kappa shape index (κ2) is 5.52. The lowest BCUT2D eigenvalue weighted by molar-refractivity contribution is 0.0796. The van der Waals surface area contributed by atoms with Crippen molar-refractivity contribution < 1.29 is 4.79 Å². The Labute approximate surface area is 89.9 Å². The van der Waals surface area contributed by atoms with E-state index in [0.717, 1.165) is 0 Å². The molecule has 74 valence electrons. The van der Waals surface area contributed by atoms with Gasteiger partial charge in [-0.3, -0.25) is 4.79 Å². The second-order valence-corrected chi connectivity index (χ2v) is 2.94. The van der Waals surface area contributed by atoms with Gasteiger partial charge in [0.15, 0.2) is 0 Å². The third kappa shape index (κ3) is 2.90. The van der Waals surface area contributed by atoms with Crippen molar-refractivity contribution in [3.63, 3.8) is 0 Å². The van der Waals surface area contributed by atoms with Crippen molar-refractivity contribution in [2.75, 3.05) is 13.1 Å². The summed E-state index contributed by atoms with van der Waals surface area (Å²) in [5.74, 6) is 4.69. The second-order valence-electron chi connectivity index (χ2n) is 2.94. The third-order valence-electron chi connectivity index (χ3n) is 1.87. The van der Waals surface area contributed by atoms with Gasteiger partial charge in [-0.2, -0.15) is 0 Å². The smallest absolute Gasteiger partial charge is 0.255 e. The summed E-state index contributed by atoms with van der Waals surface area (Å²) in [6.45, 7) is 0.468. The molecule has 0 atom stereocenters. The largest absolute Gasteiger partial charge is 0.316 e. The lowest BCUT2D eigenvalue weighted by Gasteiger charge is -2.16. The van der Waals surface area contributed by atoms with Crippen LogP contribution in [0.3, 0.4) is 0 Å². The molecule has 15 heavy (non-hydrogen) atoms. The van der Waals surface area contributed by atoms with Crippen LogP contribution in [0.5, 0.6) is 0 Å². The summed E-state index contributed by atoms with van der Waals surface area (Å²) >= 11 is 0. The molecule has 0 spiro atoms. The van der Waals surface area contributed by atoms with E-state index in [1.54, 1.807) is 24.3 Å². The Kier molecular flexibility index (Phi) is 4.01. The van der Waals surface area contributed by atoms with Crippen LogP contribution in [0.4, 0.5) is 0 Å². The first-order chi connectivity index (χ1) is 7.29. The Morgan fingerprint density at radius 3 is 2.13 bits per heavy atom. The number of hydrogen-bond donors (Lipinski definition) is 0. The van der Waals surface area contributed by atoms with E-state index in [1.165, 1.54) is 4.90 Å². The van der Waals surface area contributed by atoms with E-state index in [1.807, 2.05) is 6.07 Å². The van der Waals surface area contributed by atoms with Crippen LogP contribution < -0.4 is 0 Å². The van der Waals surface area contributed by atoms with Crippen LogP contribution in [0, 0.1) is 24.7 Å². The molecule has 0 N–H and O–H groups in total. The molecular weight excluding hydrogens is 186 g/mol. The van der Waals surface area contributed by atoms with Crippen LogP contribution in [0.1, 0.15) is 10.4 Å². The van der Waals surface area contributed by atoms with E-state index in [-0.39, 0.29) is 19.0 Å². The van der Waals surface area contributed by atoms with E-state index in [4.69, 9.17) is 12.8 Å². The summed E-state index contributed by atoms with van der Waals surface area (Å²) in [4.78, 5) is 13.3. The molecule has 1 aromatic carbocycles. The van der Waals surface area contributed by atoms with Crippen molar-refractivity contribution in [3.8, 4) is 24.7 Å². The zero-order valence-corrected chi connectivity index (χ0v) is 8.31. The number of hydrogen-bond acceptors (Lipinski definition) is 1. The van der Waals surface area contributed by atoms with E-state index < -0.39 is 0 Å². The number of rotatable bonds is 3. The van der Waals surface area contributed by atoms with E-state index in [0.29, 0.717) is 5.56 Å². The molecule has 0 unspecified atom stereocenters. The number of carbonyl (C=O) groups excluding carboxylic acids is 1. The first-order valence-electron chi connectivity index (χ1n) is 4.51. The topological polar surface area (TPSA) is 20.3 Å². The standard InChI is InChI=1S/C13H11NO/c1-3-10-14(11-4-2)13(15)12-8-6-5-7-9-12/h1-2,5-9H,10-11H2. The van der Waals surface area contributed by atoms with Crippen molar-refractivity contribution in [1.82, 2.24) is 4.90 Å². The fourth-order valence-corrected chi connectivity index (χ4v) is 1.18. The molecule has 0 aromatic heterocycles. The summed E-state index contributed by atoms with van der Waals surface area (Å²) in [6, 6.07) is 8.93. The lowest BCUT2D eigenvalue weighted by Crippen LogP contribution is -2.31. The van der Waals surface area contributed by atoms with Crippen LogP contribution >= 0.6 is 0 Å². The summed E-state index contributed by atoms with van der Waals surface area (Å²) in [6.07, 6.45) is 10.3. The van der Waals surface area contributed by atoms with E-state index >= 15 is 0 Å². The average molecular weight is 197 g/mol.